The highest BCUT2D eigenvalue weighted by Crippen LogP contribution is 2.19. The lowest BCUT2D eigenvalue weighted by molar-refractivity contribution is 0.771. The van der Waals surface area contributed by atoms with Gasteiger partial charge in [0, 0.05) is 11.6 Å². The first-order chi connectivity index (χ1) is 5.52. The molecule has 1 heterocycles. The van der Waals surface area contributed by atoms with Crippen LogP contribution in [0, 0.1) is 6.92 Å². The number of H-pyrrole nitrogens is 1. The Balaban J connectivity index is 3.00. The minimum absolute atomic E-state index is 0.496. The molecule has 0 fully saturated rings. The number of aryl methyl sites for hydroxylation is 1. The fourth-order valence-electron chi connectivity index (χ4n) is 1.33. The highest BCUT2D eigenvalue weighted by atomic mass is 14.9. The predicted octanol–water partition coefficient (Wildman–Crippen LogP) is 2.96. The summed E-state index contributed by atoms with van der Waals surface area (Å²) in [5.74, 6) is 2.15. The van der Waals surface area contributed by atoms with Gasteiger partial charge < -0.3 is 4.98 Å². The van der Waals surface area contributed by atoms with E-state index in [0.29, 0.717) is 11.8 Å². The van der Waals surface area contributed by atoms with Crippen LogP contribution in [0.4, 0.5) is 0 Å². The van der Waals surface area contributed by atoms with E-state index in [4.69, 9.17) is 0 Å². The molecule has 1 aromatic rings. The van der Waals surface area contributed by atoms with E-state index >= 15 is 0 Å². The second kappa shape index (κ2) is 3.30. The molecule has 68 valence electrons. The highest BCUT2D eigenvalue weighted by molar-refractivity contribution is 5.17. The molecular formula is C10H18N2. The maximum absolute atomic E-state index is 4.48. The fraction of sp³-hybridized carbons (Fsp3) is 0.700. The largest absolute Gasteiger partial charge is 0.345 e. The normalized spacial score (nSPS) is 11.6. The Labute approximate surface area is 74.4 Å². The Morgan fingerprint density at radius 2 is 1.67 bits per heavy atom. The maximum Gasteiger partial charge on any atom is 0.109 e. The summed E-state index contributed by atoms with van der Waals surface area (Å²) in [6.07, 6.45) is 0. The van der Waals surface area contributed by atoms with Gasteiger partial charge in [0.1, 0.15) is 5.82 Å². The number of aromatic nitrogens is 2. The van der Waals surface area contributed by atoms with Gasteiger partial charge in [0.15, 0.2) is 0 Å². The summed E-state index contributed by atoms with van der Waals surface area (Å²) in [7, 11) is 0. The molecule has 0 aliphatic rings. The van der Waals surface area contributed by atoms with E-state index in [-0.39, 0.29) is 0 Å². The van der Waals surface area contributed by atoms with E-state index in [9.17, 15) is 0 Å². The third-order valence-corrected chi connectivity index (χ3v) is 2.06. The molecule has 0 unspecified atom stereocenters. The molecule has 0 aliphatic carbocycles. The lowest BCUT2D eigenvalue weighted by Gasteiger charge is -2.01. The van der Waals surface area contributed by atoms with E-state index in [1.54, 1.807) is 0 Å². The van der Waals surface area contributed by atoms with Crippen molar-refractivity contribution < 1.29 is 0 Å². The van der Waals surface area contributed by atoms with Crippen molar-refractivity contribution in [3.8, 4) is 0 Å². The maximum atomic E-state index is 4.48. The van der Waals surface area contributed by atoms with Crippen LogP contribution < -0.4 is 0 Å². The molecule has 12 heavy (non-hydrogen) atoms. The second-order valence-electron chi connectivity index (χ2n) is 3.93. The average molecular weight is 166 g/mol. The molecule has 0 atom stereocenters. The number of hydrogen-bond donors (Lipinski definition) is 1. The number of hydrogen-bond acceptors (Lipinski definition) is 1. The van der Waals surface area contributed by atoms with Crippen LogP contribution in [0.5, 0.6) is 0 Å². The monoisotopic (exact) mass is 166 g/mol. The summed E-state index contributed by atoms with van der Waals surface area (Å²) in [6, 6.07) is 0. The van der Waals surface area contributed by atoms with Crippen LogP contribution in [-0.4, -0.2) is 9.97 Å². The number of nitrogens with zero attached hydrogens (tertiary/aromatic N) is 1. The Kier molecular flexibility index (Phi) is 2.55. The molecule has 0 bridgehead atoms. The first-order valence-corrected chi connectivity index (χ1v) is 4.58. The molecule has 1 N–H and O–H groups in total. The zero-order valence-corrected chi connectivity index (χ0v) is 8.60. The molecular weight excluding hydrogens is 148 g/mol. The molecule has 0 aliphatic heterocycles. The molecule has 1 rings (SSSR count). The topological polar surface area (TPSA) is 28.7 Å². The van der Waals surface area contributed by atoms with Crippen molar-refractivity contribution in [2.24, 2.45) is 0 Å². The summed E-state index contributed by atoms with van der Waals surface area (Å²) in [5.41, 5.74) is 2.42. The number of imidazole rings is 1. The Morgan fingerprint density at radius 3 is 1.92 bits per heavy atom. The van der Waals surface area contributed by atoms with Crippen LogP contribution in [-0.2, 0) is 0 Å². The smallest absolute Gasteiger partial charge is 0.109 e. The van der Waals surface area contributed by atoms with E-state index in [1.165, 1.54) is 5.69 Å². The van der Waals surface area contributed by atoms with Crippen molar-refractivity contribution in [2.45, 2.75) is 46.5 Å². The molecule has 0 saturated heterocycles. The molecule has 0 aromatic carbocycles. The molecule has 2 heteroatoms. The lowest BCUT2D eigenvalue weighted by Crippen LogP contribution is -1.92. The van der Waals surface area contributed by atoms with Crippen molar-refractivity contribution in [2.75, 3.05) is 0 Å². The fourth-order valence-corrected chi connectivity index (χ4v) is 1.33. The van der Waals surface area contributed by atoms with Gasteiger partial charge in [-0.2, -0.15) is 0 Å². The van der Waals surface area contributed by atoms with Gasteiger partial charge in [0.2, 0.25) is 0 Å². The van der Waals surface area contributed by atoms with Gasteiger partial charge in [0.05, 0.1) is 5.69 Å². The quantitative estimate of drug-likeness (QED) is 0.719. The molecule has 0 amide bonds. The summed E-state index contributed by atoms with van der Waals surface area (Å²) in [5, 5.41) is 0. The summed E-state index contributed by atoms with van der Waals surface area (Å²) < 4.78 is 0. The molecule has 0 saturated carbocycles. The van der Waals surface area contributed by atoms with Crippen LogP contribution in [0.1, 0.15) is 56.7 Å². The van der Waals surface area contributed by atoms with Gasteiger partial charge in [0.25, 0.3) is 0 Å². The Bertz CT molecular complexity index is 259. The van der Waals surface area contributed by atoms with Gasteiger partial charge in [-0.05, 0) is 12.8 Å². The number of nitrogens with one attached hydrogen (secondary N) is 1. The van der Waals surface area contributed by atoms with Crippen LogP contribution in [0.25, 0.3) is 0 Å². The minimum Gasteiger partial charge on any atom is -0.345 e. The van der Waals surface area contributed by atoms with E-state index in [0.717, 1.165) is 11.5 Å². The highest BCUT2D eigenvalue weighted by Gasteiger charge is 2.10. The average Bonchev–Trinajstić information content (AvgIpc) is 2.30. The number of aromatic amines is 1. The van der Waals surface area contributed by atoms with E-state index in [1.807, 2.05) is 0 Å². The molecule has 2 nitrogen and oxygen atoms in total. The summed E-state index contributed by atoms with van der Waals surface area (Å²) >= 11 is 0. The standard InChI is InChI=1S/C10H18N2/c1-6(2)9-8(5)11-10(12-9)7(3)4/h6-7H,1-5H3,(H,11,12). The minimum atomic E-state index is 0.496. The van der Waals surface area contributed by atoms with Crippen molar-refractivity contribution in [1.29, 1.82) is 0 Å². The third kappa shape index (κ3) is 1.68. The Morgan fingerprint density at radius 1 is 1.08 bits per heavy atom. The van der Waals surface area contributed by atoms with E-state index in [2.05, 4.69) is 44.6 Å². The van der Waals surface area contributed by atoms with Gasteiger partial charge >= 0.3 is 0 Å². The van der Waals surface area contributed by atoms with Gasteiger partial charge in [-0.3, -0.25) is 0 Å². The van der Waals surface area contributed by atoms with Gasteiger partial charge in [-0.25, -0.2) is 4.98 Å². The van der Waals surface area contributed by atoms with Crippen molar-refractivity contribution >= 4 is 0 Å². The first kappa shape index (κ1) is 9.30. The van der Waals surface area contributed by atoms with Gasteiger partial charge in [-0.1, -0.05) is 27.7 Å². The zero-order chi connectivity index (χ0) is 9.30. The zero-order valence-electron chi connectivity index (χ0n) is 8.60. The predicted molar refractivity (Wildman–Crippen MR) is 51.5 cm³/mol. The van der Waals surface area contributed by atoms with Crippen LogP contribution in [0.3, 0.4) is 0 Å². The number of rotatable bonds is 2. The van der Waals surface area contributed by atoms with Crippen LogP contribution in [0.2, 0.25) is 0 Å². The van der Waals surface area contributed by atoms with Crippen LogP contribution in [0.15, 0.2) is 0 Å². The first-order valence-electron chi connectivity index (χ1n) is 4.58. The molecule has 0 spiro atoms. The van der Waals surface area contributed by atoms with E-state index < -0.39 is 0 Å². The van der Waals surface area contributed by atoms with Crippen molar-refractivity contribution in [3.05, 3.63) is 17.2 Å². The van der Waals surface area contributed by atoms with Crippen molar-refractivity contribution in [1.82, 2.24) is 9.97 Å². The second-order valence-corrected chi connectivity index (χ2v) is 3.93. The molecule has 0 radical (unpaired) electrons. The van der Waals surface area contributed by atoms with Crippen molar-refractivity contribution in [3.63, 3.8) is 0 Å². The lowest BCUT2D eigenvalue weighted by atomic mass is 10.1. The molecule has 1 aromatic heterocycles. The summed E-state index contributed by atoms with van der Waals surface area (Å²) in [4.78, 5) is 7.85. The SMILES string of the molecule is Cc1nc(C(C)C)[nH]c1C(C)C. The van der Waals surface area contributed by atoms with Gasteiger partial charge in [-0.15, -0.1) is 0 Å². The Hall–Kier alpha value is -0.790. The summed E-state index contributed by atoms with van der Waals surface area (Å²) in [6.45, 7) is 10.7. The third-order valence-electron chi connectivity index (χ3n) is 2.06. The van der Waals surface area contributed by atoms with Crippen LogP contribution >= 0.6 is 0 Å².